The number of rotatable bonds is 3. The largest absolute Gasteiger partial charge is 0.336 e. The van der Waals surface area contributed by atoms with Gasteiger partial charge in [0.15, 0.2) is 0 Å². The molecular formula is C19H29N3O2. The van der Waals surface area contributed by atoms with Gasteiger partial charge >= 0.3 is 0 Å². The fraction of sp³-hybridized carbons (Fsp3) is 0.579. The lowest BCUT2D eigenvalue weighted by Gasteiger charge is -2.33. The van der Waals surface area contributed by atoms with Crippen molar-refractivity contribution >= 4 is 17.5 Å². The van der Waals surface area contributed by atoms with Gasteiger partial charge in [-0.15, -0.1) is 0 Å². The van der Waals surface area contributed by atoms with Crippen LogP contribution in [0.2, 0.25) is 0 Å². The van der Waals surface area contributed by atoms with Crippen LogP contribution in [0.5, 0.6) is 0 Å². The van der Waals surface area contributed by atoms with Gasteiger partial charge in [-0.05, 0) is 55.9 Å². The van der Waals surface area contributed by atoms with Crippen molar-refractivity contribution in [2.45, 2.75) is 59.0 Å². The van der Waals surface area contributed by atoms with E-state index in [1.165, 1.54) is 6.42 Å². The van der Waals surface area contributed by atoms with Crippen molar-refractivity contribution in [3.8, 4) is 0 Å². The summed E-state index contributed by atoms with van der Waals surface area (Å²) in [6.45, 7) is 8.70. The molecule has 3 N–H and O–H groups in total. The van der Waals surface area contributed by atoms with Gasteiger partial charge in [-0.3, -0.25) is 9.59 Å². The van der Waals surface area contributed by atoms with Gasteiger partial charge in [0.1, 0.15) is 0 Å². The summed E-state index contributed by atoms with van der Waals surface area (Å²) in [6, 6.07) is 6.75. The zero-order valence-corrected chi connectivity index (χ0v) is 15.1. The van der Waals surface area contributed by atoms with E-state index in [9.17, 15) is 9.59 Å². The summed E-state index contributed by atoms with van der Waals surface area (Å²) in [5, 5.41) is 2.81. The third-order valence-corrected chi connectivity index (χ3v) is 4.68. The molecule has 1 aromatic rings. The van der Waals surface area contributed by atoms with Crippen molar-refractivity contribution in [2.24, 2.45) is 11.1 Å². The monoisotopic (exact) mass is 331 g/mol. The Morgan fingerprint density at radius 2 is 1.83 bits per heavy atom. The minimum Gasteiger partial charge on any atom is -0.336 e. The molecule has 2 atom stereocenters. The van der Waals surface area contributed by atoms with Gasteiger partial charge in [0.05, 0.1) is 6.04 Å². The lowest BCUT2D eigenvalue weighted by Crippen LogP contribution is -2.45. The maximum Gasteiger partial charge on any atom is 0.254 e. The van der Waals surface area contributed by atoms with E-state index in [-0.39, 0.29) is 23.3 Å². The molecule has 2 amide bonds. The smallest absolute Gasteiger partial charge is 0.254 e. The van der Waals surface area contributed by atoms with E-state index >= 15 is 0 Å². The molecule has 0 saturated carbocycles. The van der Waals surface area contributed by atoms with Crippen molar-refractivity contribution in [3.63, 3.8) is 0 Å². The Morgan fingerprint density at radius 3 is 2.38 bits per heavy atom. The Hall–Kier alpha value is -1.88. The standard InChI is InChI=1S/C19H29N3O2/c1-13-7-5-6-12-22(13)18(24)14-8-10-15(11-9-14)21-17(23)16(20)19(2,3)4/h8-11,13,16H,5-7,12,20H2,1-4H3,(H,21,23)/t13?,16-/m1/s1. The zero-order valence-electron chi connectivity index (χ0n) is 15.1. The predicted molar refractivity (Wildman–Crippen MR) is 96.9 cm³/mol. The number of likely N-dealkylation sites (tertiary alicyclic amines) is 1. The van der Waals surface area contributed by atoms with Gasteiger partial charge in [-0.2, -0.15) is 0 Å². The van der Waals surface area contributed by atoms with Crippen LogP contribution in [-0.2, 0) is 4.79 Å². The normalized spacial score (nSPS) is 19.7. The molecule has 0 bridgehead atoms. The Morgan fingerprint density at radius 1 is 1.21 bits per heavy atom. The average molecular weight is 331 g/mol. The molecule has 2 rings (SSSR count). The van der Waals surface area contributed by atoms with Gasteiger partial charge < -0.3 is 16.0 Å². The fourth-order valence-corrected chi connectivity index (χ4v) is 2.88. The SMILES string of the molecule is CC1CCCCN1C(=O)c1ccc(NC(=O)[C@@H](N)C(C)(C)C)cc1. The molecule has 0 spiro atoms. The molecule has 1 fully saturated rings. The highest BCUT2D eigenvalue weighted by molar-refractivity contribution is 5.97. The molecule has 1 unspecified atom stereocenters. The number of nitrogens with one attached hydrogen (secondary N) is 1. The van der Waals surface area contributed by atoms with Crippen LogP contribution in [0.1, 0.15) is 57.3 Å². The molecule has 1 aliphatic heterocycles. The molecule has 1 aliphatic rings. The molecule has 0 aromatic heterocycles. The van der Waals surface area contributed by atoms with Gasteiger partial charge in [0.2, 0.25) is 5.91 Å². The van der Waals surface area contributed by atoms with E-state index in [2.05, 4.69) is 12.2 Å². The number of hydrogen-bond acceptors (Lipinski definition) is 3. The third-order valence-electron chi connectivity index (χ3n) is 4.68. The number of piperidine rings is 1. The highest BCUT2D eigenvalue weighted by Gasteiger charge is 2.28. The lowest BCUT2D eigenvalue weighted by molar-refractivity contribution is -0.119. The van der Waals surface area contributed by atoms with E-state index in [4.69, 9.17) is 5.73 Å². The Kier molecular flexibility index (Phi) is 5.65. The number of nitrogens with two attached hydrogens (primary N) is 1. The topological polar surface area (TPSA) is 75.4 Å². The van der Waals surface area contributed by atoms with Crippen molar-refractivity contribution in [2.75, 3.05) is 11.9 Å². The molecule has 5 heteroatoms. The fourth-order valence-electron chi connectivity index (χ4n) is 2.88. The van der Waals surface area contributed by atoms with Crippen LogP contribution < -0.4 is 11.1 Å². The molecular weight excluding hydrogens is 302 g/mol. The molecule has 0 aliphatic carbocycles. The van der Waals surface area contributed by atoms with E-state index in [0.29, 0.717) is 11.3 Å². The van der Waals surface area contributed by atoms with Crippen LogP contribution >= 0.6 is 0 Å². The van der Waals surface area contributed by atoms with Crippen molar-refractivity contribution in [1.29, 1.82) is 0 Å². The second kappa shape index (κ2) is 7.34. The Bertz CT molecular complexity index is 590. The van der Waals surface area contributed by atoms with Crippen LogP contribution in [0.25, 0.3) is 0 Å². The van der Waals surface area contributed by atoms with Gasteiger partial charge in [-0.25, -0.2) is 0 Å². The summed E-state index contributed by atoms with van der Waals surface area (Å²) in [4.78, 5) is 26.7. The minimum absolute atomic E-state index is 0.0615. The summed E-state index contributed by atoms with van der Waals surface area (Å²) in [5.41, 5.74) is 6.97. The third kappa shape index (κ3) is 4.35. The van der Waals surface area contributed by atoms with Crippen LogP contribution in [0.4, 0.5) is 5.69 Å². The number of anilines is 1. The van der Waals surface area contributed by atoms with E-state index < -0.39 is 6.04 Å². The maximum absolute atomic E-state index is 12.6. The second-order valence-electron chi connectivity index (χ2n) is 7.75. The van der Waals surface area contributed by atoms with Crippen LogP contribution in [0.3, 0.4) is 0 Å². The van der Waals surface area contributed by atoms with Crippen molar-refractivity contribution < 1.29 is 9.59 Å². The first-order valence-corrected chi connectivity index (χ1v) is 8.67. The molecule has 1 saturated heterocycles. The molecule has 132 valence electrons. The van der Waals surface area contributed by atoms with Crippen LogP contribution in [0.15, 0.2) is 24.3 Å². The first-order chi connectivity index (χ1) is 11.2. The number of benzene rings is 1. The summed E-state index contributed by atoms with van der Waals surface area (Å²) in [5.74, 6) is -0.155. The Balaban J connectivity index is 2.02. The molecule has 5 nitrogen and oxygen atoms in total. The predicted octanol–water partition coefficient (Wildman–Crippen LogP) is 3.01. The second-order valence-corrected chi connectivity index (χ2v) is 7.75. The van der Waals surface area contributed by atoms with Crippen molar-refractivity contribution in [3.05, 3.63) is 29.8 Å². The summed E-state index contributed by atoms with van der Waals surface area (Å²) in [6.07, 6.45) is 3.31. The van der Waals surface area contributed by atoms with Gasteiger partial charge in [0.25, 0.3) is 5.91 Å². The summed E-state index contributed by atoms with van der Waals surface area (Å²) < 4.78 is 0. The zero-order chi connectivity index (χ0) is 17.9. The number of amides is 2. The number of carbonyl (C=O) groups excluding carboxylic acids is 2. The highest BCUT2D eigenvalue weighted by Crippen LogP contribution is 2.21. The van der Waals surface area contributed by atoms with Gasteiger partial charge in [-0.1, -0.05) is 20.8 Å². The highest BCUT2D eigenvalue weighted by atomic mass is 16.2. The van der Waals surface area contributed by atoms with E-state index in [1.807, 2.05) is 25.7 Å². The molecule has 0 radical (unpaired) electrons. The quantitative estimate of drug-likeness (QED) is 0.894. The number of hydrogen-bond donors (Lipinski definition) is 2. The maximum atomic E-state index is 12.6. The molecule has 1 heterocycles. The average Bonchev–Trinajstić information content (AvgIpc) is 2.53. The lowest BCUT2D eigenvalue weighted by atomic mass is 9.87. The molecule has 24 heavy (non-hydrogen) atoms. The van der Waals surface area contributed by atoms with Gasteiger partial charge in [0, 0.05) is 23.8 Å². The number of carbonyl (C=O) groups is 2. The Labute approximate surface area is 144 Å². The number of nitrogens with zero attached hydrogens (tertiary/aromatic N) is 1. The summed E-state index contributed by atoms with van der Waals surface area (Å²) in [7, 11) is 0. The van der Waals surface area contributed by atoms with E-state index in [1.54, 1.807) is 24.3 Å². The van der Waals surface area contributed by atoms with Crippen LogP contribution in [-0.4, -0.2) is 35.3 Å². The molecule has 1 aromatic carbocycles. The first-order valence-electron chi connectivity index (χ1n) is 8.67. The minimum atomic E-state index is -0.590. The van der Waals surface area contributed by atoms with Crippen LogP contribution in [0, 0.1) is 5.41 Å². The summed E-state index contributed by atoms with van der Waals surface area (Å²) >= 11 is 0. The van der Waals surface area contributed by atoms with E-state index in [0.717, 1.165) is 19.4 Å². The first kappa shape index (κ1) is 18.5. The van der Waals surface area contributed by atoms with Crippen molar-refractivity contribution in [1.82, 2.24) is 4.90 Å².